The number of unbranched alkanes of at least 4 members (excludes halogenated alkanes) is 1. The fourth-order valence-electron chi connectivity index (χ4n) is 2.83. The van der Waals surface area contributed by atoms with Crippen molar-refractivity contribution in [3.05, 3.63) is 16.1 Å². The van der Waals surface area contributed by atoms with E-state index >= 15 is 0 Å². The Morgan fingerprint density at radius 2 is 2.21 bits per heavy atom. The van der Waals surface area contributed by atoms with Crippen LogP contribution in [0.1, 0.15) is 49.6 Å². The average molecular weight is 282 g/mol. The number of aliphatic hydroxyl groups excluding tert-OH is 1. The van der Waals surface area contributed by atoms with Gasteiger partial charge in [0.15, 0.2) is 0 Å². The molecule has 1 fully saturated rings. The molecule has 1 aliphatic rings. The summed E-state index contributed by atoms with van der Waals surface area (Å²) in [5, 5.41) is 10.2. The van der Waals surface area contributed by atoms with E-state index in [1.54, 1.807) is 11.3 Å². The first-order valence-electron chi connectivity index (χ1n) is 7.50. The maximum Gasteiger partial charge on any atom is 0.0798 e. The topological polar surface area (TPSA) is 36.4 Å². The zero-order chi connectivity index (χ0) is 13.7. The molecule has 1 aromatic rings. The second kappa shape index (κ2) is 7.36. The Kier molecular flexibility index (Phi) is 5.79. The van der Waals surface area contributed by atoms with Gasteiger partial charge in [-0.1, -0.05) is 19.8 Å². The lowest BCUT2D eigenvalue weighted by atomic mass is 9.88. The highest BCUT2D eigenvalue weighted by molar-refractivity contribution is 7.09. The summed E-state index contributed by atoms with van der Waals surface area (Å²) in [6.45, 7) is 7.55. The number of piperidine rings is 1. The molecule has 1 atom stereocenters. The van der Waals surface area contributed by atoms with Crippen molar-refractivity contribution in [2.75, 3.05) is 13.1 Å². The van der Waals surface area contributed by atoms with Gasteiger partial charge in [0.05, 0.1) is 17.3 Å². The molecule has 1 N–H and O–H groups in total. The number of thiazole rings is 1. The number of aryl methyl sites for hydroxylation is 1. The molecule has 2 heterocycles. The van der Waals surface area contributed by atoms with Gasteiger partial charge in [-0.15, -0.1) is 11.3 Å². The van der Waals surface area contributed by atoms with Crippen LogP contribution in [0.25, 0.3) is 0 Å². The number of likely N-dealkylation sites (tertiary alicyclic amines) is 1. The van der Waals surface area contributed by atoms with Gasteiger partial charge in [-0.25, -0.2) is 4.98 Å². The van der Waals surface area contributed by atoms with Gasteiger partial charge in [-0.05, 0) is 45.2 Å². The highest BCUT2D eigenvalue weighted by Gasteiger charge is 2.25. The molecule has 1 aliphatic heterocycles. The number of hydrogen-bond donors (Lipinski definition) is 1. The summed E-state index contributed by atoms with van der Waals surface area (Å²) in [4.78, 5) is 8.21. The fraction of sp³-hybridized carbons (Fsp3) is 0.800. The molecule has 0 amide bonds. The van der Waals surface area contributed by atoms with Crippen molar-refractivity contribution in [1.29, 1.82) is 0 Å². The Morgan fingerprint density at radius 1 is 1.47 bits per heavy atom. The van der Waals surface area contributed by atoms with Crippen LogP contribution in [0.2, 0.25) is 0 Å². The Labute approximate surface area is 120 Å². The van der Waals surface area contributed by atoms with Gasteiger partial charge in [0.1, 0.15) is 0 Å². The summed E-state index contributed by atoms with van der Waals surface area (Å²) in [6.07, 6.45) is 5.52. The fourth-order valence-corrected chi connectivity index (χ4v) is 3.64. The van der Waals surface area contributed by atoms with Gasteiger partial charge in [0.2, 0.25) is 0 Å². The molecule has 0 aromatic carbocycles. The molecule has 0 aliphatic carbocycles. The predicted molar refractivity (Wildman–Crippen MR) is 80.4 cm³/mol. The van der Waals surface area contributed by atoms with Crippen LogP contribution in [0.4, 0.5) is 0 Å². The van der Waals surface area contributed by atoms with Gasteiger partial charge in [-0.3, -0.25) is 4.90 Å². The third-order valence-electron chi connectivity index (χ3n) is 4.24. The minimum absolute atomic E-state index is 0.0766. The molecule has 0 radical (unpaired) electrons. The Morgan fingerprint density at radius 3 is 2.79 bits per heavy atom. The molecule has 4 heteroatoms. The molecule has 108 valence electrons. The van der Waals surface area contributed by atoms with E-state index in [4.69, 9.17) is 0 Å². The normalized spacial score (nSPS) is 19.7. The summed E-state index contributed by atoms with van der Waals surface area (Å²) in [5.41, 5.74) is 3.11. The third kappa shape index (κ3) is 4.26. The molecule has 0 spiro atoms. The number of nitrogens with zero attached hydrogens (tertiary/aromatic N) is 2. The molecular formula is C15H26N2OS. The number of aliphatic hydroxyl groups is 1. The summed E-state index contributed by atoms with van der Waals surface area (Å²) in [7, 11) is 0. The average Bonchev–Trinajstić information content (AvgIpc) is 2.82. The van der Waals surface area contributed by atoms with E-state index in [1.165, 1.54) is 17.0 Å². The van der Waals surface area contributed by atoms with E-state index < -0.39 is 0 Å². The zero-order valence-corrected chi connectivity index (χ0v) is 13.0. The lowest BCUT2D eigenvalue weighted by Gasteiger charge is -2.34. The van der Waals surface area contributed by atoms with E-state index in [1.807, 2.05) is 5.51 Å². The predicted octanol–water partition coefficient (Wildman–Crippen LogP) is 3.21. The van der Waals surface area contributed by atoms with Crippen molar-refractivity contribution in [1.82, 2.24) is 9.88 Å². The van der Waals surface area contributed by atoms with Crippen LogP contribution in [0.3, 0.4) is 0 Å². The quantitative estimate of drug-likeness (QED) is 0.870. The third-order valence-corrected chi connectivity index (χ3v) is 5.16. The van der Waals surface area contributed by atoms with Crippen molar-refractivity contribution in [3.8, 4) is 0 Å². The van der Waals surface area contributed by atoms with E-state index in [0.717, 1.165) is 45.3 Å². The SMILES string of the molecule is CCCCC(O)C1CCN(Cc2scnc2C)CC1. The summed E-state index contributed by atoms with van der Waals surface area (Å²) in [5.74, 6) is 0.519. The first-order chi connectivity index (χ1) is 9.20. The van der Waals surface area contributed by atoms with Gasteiger partial charge in [-0.2, -0.15) is 0 Å². The second-order valence-electron chi connectivity index (χ2n) is 5.68. The summed E-state index contributed by atoms with van der Waals surface area (Å²) < 4.78 is 0. The van der Waals surface area contributed by atoms with E-state index in [2.05, 4.69) is 23.7 Å². The number of rotatable bonds is 6. The number of hydrogen-bond acceptors (Lipinski definition) is 4. The van der Waals surface area contributed by atoms with Crippen LogP contribution in [0.5, 0.6) is 0 Å². The van der Waals surface area contributed by atoms with Gasteiger partial charge < -0.3 is 5.11 Å². The first-order valence-corrected chi connectivity index (χ1v) is 8.38. The lowest BCUT2D eigenvalue weighted by Crippen LogP contribution is -2.37. The van der Waals surface area contributed by atoms with Gasteiger partial charge in [0, 0.05) is 11.4 Å². The second-order valence-corrected chi connectivity index (χ2v) is 6.62. The highest BCUT2D eigenvalue weighted by Crippen LogP contribution is 2.25. The molecule has 19 heavy (non-hydrogen) atoms. The maximum absolute atomic E-state index is 10.2. The van der Waals surface area contributed by atoms with Crippen molar-refractivity contribution >= 4 is 11.3 Å². The van der Waals surface area contributed by atoms with Crippen LogP contribution < -0.4 is 0 Å². The Bertz CT molecular complexity index is 372. The molecule has 0 bridgehead atoms. The van der Waals surface area contributed by atoms with Crippen molar-refractivity contribution < 1.29 is 5.11 Å². The maximum atomic E-state index is 10.2. The van der Waals surface area contributed by atoms with E-state index in [-0.39, 0.29) is 6.10 Å². The van der Waals surface area contributed by atoms with Crippen LogP contribution in [0, 0.1) is 12.8 Å². The molecule has 2 rings (SSSR count). The molecule has 0 saturated carbocycles. The van der Waals surface area contributed by atoms with Gasteiger partial charge in [0.25, 0.3) is 0 Å². The Hall–Kier alpha value is -0.450. The molecular weight excluding hydrogens is 256 g/mol. The zero-order valence-electron chi connectivity index (χ0n) is 12.1. The highest BCUT2D eigenvalue weighted by atomic mass is 32.1. The van der Waals surface area contributed by atoms with E-state index in [0.29, 0.717) is 5.92 Å². The minimum Gasteiger partial charge on any atom is -0.393 e. The van der Waals surface area contributed by atoms with Crippen molar-refractivity contribution in [2.24, 2.45) is 5.92 Å². The summed E-state index contributed by atoms with van der Waals surface area (Å²) in [6, 6.07) is 0. The van der Waals surface area contributed by atoms with Crippen LogP contribution in [0.15, 0.2) is 5.51 Å². The van der Waals surface area contributed by atoms with E-state index in [9.17, 15) is 5.11 Å². The lowest BCUT2D eigenvalue weighted by molar-refractivity contribution is 0.0505. The standard InChI is InChI=1S/C15H26N2OS/c1-3-4-5-14(18)13-6-8-17(9-7-13)10-15-12(2)16-11-19-15/h11,13-14,18H,3-10H2,1-2H3. The van der Waals surface area contributed by atoms with Crippen LogP contribution in [-0.4, -0.2) is 34.2 Å². The monoisotopic (exact) mass is 282 g/mol. The van der Waals surface area contributed by atoms with Crippen molar-refractivity contribution in [2.45, 2.75) is 58.6 Å². The first kappa shape index (κ1) is 14.9. The molecule has 1 saturated heterocycles. The molecule has 3 nitrogen and oxygen atoms in total. The van der Waals surface area contributed by atoms with Crippen molar-refractivity contribution in [3.63, 3.8) is 0 Å². The number of aromatic nitrogens is 1. The molecule has 1 aromatic heterocycles. The largest absolute Gasteiger partial charge is 0.393 e. The smallest absolute Gasteiger partial charge is 0.0798 e. The van der Waals surface area contributed by atoms with Crippen LogP contribution in [-0.2, 0) is 6.54 Å². The van der Waals surface area contributed by atoms with Gasteiger partial charge >= 0.3 is 0 Å². The van der Waals surface area contributed by atoms with Crippen LogP contribution >= 0.6 is 11.3 Å². The Balaban J connectivity index is 1.74. The minimum atomic E-state index is -0.0766. The molecule has 1 unspecified atom stereocenters. The summed E-state index contributed by atoms with van der Waals surface area (Å²) >= 11 is 1.76.